The first-order valence-corrected chi connectivity index (χ1v) is 6.89. The second kappa shape index (κ2) is 6.78. The fraction of sp³-hybridized carbons (Fsp3) is 0.143. The van der Waals surface area contributed by atoms with Crippen LogP contribution in [0.4, 0.5) is 10.1 Å². The van der Waals surface area contributed by atoms with Crippen LogP contribution >= 0.6 is 27.5 Å². The molecule has 0 radical (unpaired) electrons. The third kappa shape index (κ3) is 4.40. The quantitative estimate of drug-likeness (QED) is 0.792. The zero-order valence-electron chi connectivity index (χ0n) is 10.00. The Labute approximate surface area is 124 Å². The van der Waals surface area contributed by atoms with E-state index < -0.39 is 0 Å². The predicted molar refractivity (Wildman–Crippen MR) is 79.5 cm³/mol. The molecule has 0 saturated carbocycles. The number of anilines is 1. The second-order valence-electron chi connectivity index (χ2n) is 3.86. The monoisotopic (exact) mass is 343 g/mol. The summed E-state index contributed by atoms with van der Waals surface area (Å²) in [6.45, 7) is 1.14. The molecular weight excluding hydrogens is 333 g/mol. The Morgan fingerprint density at radius 2 is 1.89 bits per heavy atom. The van der Waals surface area contributed by atoms with Gasteiger partial charge in [-0.05, 0) is 58.4 Å². The third-order valence-electron chi connectivity index (χ3n) is 2.44. The molecule has 100 valence electrons. The summed E-state index contributed by atoms with van der Waals surface area (Å²) in [5.41, 5.74) is 0.980. The van der Waals surface area contributed by atoms with Gasteiger partial charge >= 0.3 is 0 Å². The lowest BCUT2D eigenvalue weighted by atomic mass is 10.3. The van der Waals surface area contributed by atoms with Gasteiger partial charge in [-0.25, -0.2) is 4.39 Å². The van der Waals surface area contributed by atoms with Crippen molar-refractivity contribution in [2.75, 3.05) is 18.5 Å². The van der Waals surface area contributed by atoms with Crippen molar-refractivity contribution in [3.05, 3.63) is 57.8 Å². The Morgan fingerprint density at radius 1 is 1.16 bits per heavy atom. The van der Waals surface area contributed by atoms with E-state index in [9.17, 15) is 4.39 Å². The van der Waals surface area contributed by atoms with E-state index in [1.807, 2.05) is 24.3 Å². The van der Waals surface area contributed by atoms with Crippen LogP contribution in [-0.4, -0.2) is 13.2 Å². The van der Waals surface area contributed by atoms with Crippen LogP contribution in [0.2, 0.25) is 5.02 Å². The summed E-state index contributed by atoms with van der Waals surface area (Å²) < 4.78 is 18.9. The lowest BCUT2D eigenvalue weighted by molar-refractivity contribution is 0.332. The minimum absolute atomic E-state index is 0.299. The molecule has 5 heteroatoms. The molecule has 0 aliphatic heterocycles. The van der Waals surface area contributed by atoms with Crippen LogP contribution in [-0.2, 0) is 0 Å². The van der Waals surface area contributed by atoms with Crippen LogP contribution in [0, 0.1) is 5.82 Å². The van der Waals surface area contributed by atoms with Gasteiger partial charge in [0, 0.05) is 17.3 Å². The van der Waals surface area contributed by atoms with Gasteiger partial charge in [0.2, 0.25) is 0 Å². The topological polar surface area (TPSA) is 21.3 Å². The Kier molecular flexibility index (Phi) is 5.05. The van der Waals surface area contributed by atoms with Crippen LogP contribution < -0.4 is 10.1 Å². The van der Waals surface area contributed by atoms with Crippen LogP contribution in [0.5, 0.6) is 5.75 Å². The first kappa shape index (κ1) is 14.2. The molecule has 0 spiro atoms. The number of nitrogens with one attached hydrogen (secondary N) is 1. The van der Waals surface area contributed by atoms with E-state index in [0.717, 1.165) is 5.69 Å². The first-order valence-electron chi connectivity index (χ1n) is 5.72. The standard InChI is InChI=1S/C14H12BrClFNO/c15-13-9-12(5-6-14(13)17)19-8-7-18-11-3-1-10(16)2-4-11/h1-6,9,18H,7-8H2. The van der Waals surface area contributed by atoms with E-state index in [-0.39, 0.29) is 5.82 Å². The van der Waals surface area contributed by atoms with Gasteiger partial charge in [0.05, 0.1) is 4.47 Å². The van der Waals surface area contributed by atoms with E-state index in [4.69, 9.17) is 16.3 Å². The van der Waals surface area contributed by atoms with Gasteiger partial charge in [-0.3, -0.25) is 0 Å². The summed E-state index contributed by atoms with van der Waals surface area (Å²) in [6.07, 6.45) is 0. The summed E-state index contributed by atoms with van der Waals surface area (Å²) >= 11 is 8.91. The van der Waals surface area contributed by atoms with E-state index in [1.165, 1.54) is 6.07 Å². The Balaban J connectivity index is 1.77. The highest BCUT2D eigenvalue weighted by molar-refractivity contribution is 9.10. The summed E-state index contributed by atoms with van der Waals surface area (Å²) in [5, 5.41) is 3.91. The normalized spacial score (nSPS) is 10.3. The van der Waals surface area contributed by atoms with Crippen molar-refractivity contribution in [3.8, 4) is 5.75 Å². The molecule has 2 aromatic rings. The van der Waals surface area contributed by atoms with Crippen molar-refractivity contribution < 1.29 is 9.13 Å². The molecule has 1 N–H and O–H groups in total. The molecule has 0 fully saturated rings. The van der Waals surface area contributed by atoms with Crippen molar-refractivity contribution in [1.29, 1.82) is 0 Å². The molecule has 0 aromatic heterocycles. The van der Waals surface area contributed by atoms with Gasteiger partial charge in [0.1, 0.15) is 18.2 Å². The van der Waals surface area contributed by atoms with Crippen LogP contribution in [0.25, 0.3) is 0 Å². The molecule has 0 heterocycles. The molecule has 0 saturated heterocycles. The van der Waals surface area contributed by atoms with Gasteiger partial charge in [-0.2, -0.15) is 0 Å². The minimum Gasteiger partial charge on any atom is -0.492 e. The van der Waals surface area contributed by atoms with E-state index in [0.29, 0.717) is 28.4 Å². The molecule has 0 aliphatic rings. The summed E-state index contributed by atoms with van der Waals surface area (Å²) in [7, 11) is 0. The highest BCUT2D eigenvalue weighted by Gasteiger charge is 2.01. The second-order valence-corrected chi connectivity index (χ2v) is 5.15. The summed E-state index contributed by atoms with van der Waals surface area (Å²) in [6, 6.07) is 12.0. The third-order valence-corrected chi connectivity index (χ3v) is 3.29. The molecule has 19 heavy (non-hydrogen) atoms. The lowest BCUT2D eigenvalue weighted by Crippen LogP contribution is -2.11. The first-order chi connectivity index (χ1) is 9.15. The SMILES string of the molecule is Fc1ccc(OCCNc2ccc(Cl)cc2)cc1Br. The van der Waals surface area contributed by atoms with Gasteiger partial charge in [0.25, 0.3) is 0 Å². The molecule has 2 rings (SSSR count). The highest BCUT2D eigenvalue weighted by Crippen LogP contribution is 2.21. The minimum atomic E-state index is -0.299. The number of hydrogen-bond acceptors (Lipinski definition) is 2. The van der Waals surface area contributed by atoms with Crippen molar-refractivity contribution >= 4 is 33.2 Å². The van der Waals surface area contributed by atoms with Gasteiger partial charge in [0.15, 0.2) is 0 Å². The summed E-state index contributed by atoms with van der Waals surface area (Å²) in [4.78, 5) is 0. The molecule has 0 aliphatic carbocycles. The molecule has 0 bridgehead atoms. The number of rotatable bonds is 5. The van der Waals surface area contributed by atoms with Gasteiger partial charge in [-0.1, -0.05) is 11.6 Å². The fourth-order valence-corrected chi connectivity index (χ4v) is 1.98. The van der Waals surface area contributed by atoms with Crippen molar-refractivity contribution in [3.63, 3.8) is 0 Å². The lowest BCUT2D eigenvalue weighted by Gasteiger charge is -2.09. The predicted octanol–water partition coefficient (Wildman–Crippen LogP) is 4.73. The van der Waals surface area contributed by atoms with E-state index in [1.54, 1.807) is 12.1 Å². The zero-order chi connectivity index (χ0) is 13.7. The fourth-order valence-electron chi connectivity index (χ4n) is 1.50. The summed E-state index contributed by atoms with van der Waals surface area (Å²) in [5.74, 6) is 0.331. The molecule has 2 nitrogen and oxygen atoms in total. The average Bonchev–Trinajstić information content (AvgIpc) is 2.41. The maximum atomic E-state index is 13.0. The maximum absolute atomic E-state index is 13.0. The van der Waals surface area contributed by atoms with E-state index >= 15 is 0 Å². The molecule has 2 aromatic carbocycles. The smallest absolute Gasteiger partial charge is 0.137 e. The largest absolute Gasteiger partial charge is 0.492 e. The Bertz CT molecular complexity index is 548. The Hall–Kier alpha value is -1.26. The average molecular weight is 345 g/mol. The number of halogens is 3. The van der Waals surface area contributed by atoms with Crippen molar-refractivity contribution in [1.82, 2.24) is 0 Å². The van der Waals surface area contributed by atoms with Crippen molar-refractivity contribution in [2.24, 2.45) is 0 Å². The van der Waals surface area contributed by atoms with Crippen LogP contribution in [0.3, 0.4) is 0 Å². The van der Waals surface area contributed by atoms with Crippen molar-refractivity contribution in [2.45, 2.75) is 0 Å². The van der Waals surface area contributed by atoms with E-state index in [2.05, 4.69) is 21.2 Å². The van der Waals surface area contributed by atoms with Crippen LogP contribution in [0.15, 0.2) is 46.9 Å². The molecule has 0 atom stereocenters. The van der Waals surface area contributed by atoms with Gasteiger partial charge < -0.3 is 10.1 Å². The molecule has 0 unspecified atom stereocenters. The van der Waals surface area contributed by atoms with Crippen LogP contribution in [0.1, 0.15) is 0 Å². The Morgan fingerprint density at radius 3 is 2.58 bits per heavy atom. The van der Waals surface area contributed by atoms with Gasteiger partial charge in [-0.15, -0.1) is 0 Å². The number of benzene rings is 2. The number of hydrogen-bond donors (Lipinski definition) is 1. The molecular formula is C14H12BrClFNO. The number of ether oxygens (including phenoxy) is 1. The molecule has 0 amide bonds. The highest BCUT2D eigenvalue weighted by atomic mass is 79.9. The maximum Gasteiger partial charge on any atom is 0.137 e. The zero-order valence-corrected chi connectivity index (χ0v) is 12.3.